The van der Waals surface area contributed by atoms with Crippen molar-refractivity contribution < 1.29 is 9.47 Å². The van der Waals surface area contributed by atoms with E-state index >= 15 is 0 Å². The summed E-state index contributed by atoms with van der Waals surface area (Å²) >= 11 is 0. The molecule has 2 aliphatic rings. The van der Waals surface area contributed by atoms with Gasteiger partial charge in [-0.25, -0.2) is 4.98 Å². The molecule has 1 unspecified atom stereocenters. The molecule has 0 aromatic carbocycles. The van der Waals surface area contributed by atoms with Crippen molar-refractivity contribution in [2.75, 3.05) is 13.2 Å². The molecule has 17 heavy (non-hydrogen) atoms. The number of nitrogens with one attached hydrogen (secondary N) is 1. The molecule has 2 heterocycles. The van der Waals surface area contributed by atoms with Crippen molar-refractivity contribution in [2.45, 2.75) is 38.0 Å². The molecule has 1 aromatic heterocycles. The van der Waals surface area contributed by atoms with E-state index in [9.17, 15) is 0 Å². The van der Waals surface area contributed by atoms with E-state index in [0.717, 1.165) is 25.3 Å². The average molecular weight is 235 g/mol. The quantitative estimate of drug-likeness (QED) is 0.821. The highest BCUT2D eigenvalue weighted by Crippen LogP contribution is 2.19. The molecule has 1 saturated heterocycles. The second-order valence-electron chi connectivity index (χ2n) is 4.61. The molecule has 0 spiro atoms. The van der Waals surface area contributed by atoms with Gasteiger partial charge in [0.1, 0.15) is 6.10 Å². The van der Waals surface area contributed by atoms with E-state index in [1.807, 2.05) is 0 Å². The van der Waals surface area contributed by atoms with Crippen LogP contribution in [0.4, 0.5) is 0 Å². The first-order valence-corrected chi connectivity index (χ1v) is 6.19. The summed E-state index contributed by atoms with van der Waals surface area (Å²) in [5, 5.41) is 3.41. The number of hydrogen-bond donors (Lipinski definition) is 1. The summed E-state index contributed by atoms with van der Waals surface area (Å²) in [4.78, 5) is 8.59. The van der Waals surface area contributed by atoms with Crippen LogP contribution in [0.5, 0.6) is 5.88 Å². The van der Waals surface area contributed by atoms with Gasteiger partial charge in [-0.3, -0.25) is 4.98 Å². The predicted octanol–water partition coefficient (Wildman–Crippen LogP) is 0.896. The van der Waals surface area contributed by atoms with Crippen LogP contribution >= 0.6 is 0 Å². The van der Waals surface area contributed by atoms with Gasteiger partial charge >= 0.3 is 0 Å². The Bertz CT molecular complexity index is 376. The van der Waals surface area contributed by atoms with E-state index in [1.54, 1.807) is 12.4 Å². The highest BCUT2D eigenvalue weighted by molar-refractivity contribution is 5.09. The summed E-state index contributed by atoms with van der Waals surface area (Å²) in [5.74, 6) is 0.607. The van der Waals surface area contributed by atoms with E-state index in [0.29, 0.717) is 18.5 Å². The van der Waals surface area contributed by atoms with Crippen LogP contribution in [0.15, 0.2) is 12.4 Å². The molecule has 1 N–H and O–H groups in total. The van der Waals surface area contributed by atoms with Crippen molar-refractivity contribution in [3.8, 4) is 5.88 Å². The number of aromatic nitrogens is 2. The molecule has 0 radical (unpaired) electrons. The van der Waals surface area contributed by atoms with Gasteiger partial charge in [-0.1, -0.05) is 0 Å². The molecule has 0 bridgehead atoms. The van der Waals surface area contributed by atoms with Gasteiger partial charge in [0.15, 0.2) is 0 Å². The fraction of sp³-hybridized carbons (Fsp3) is 0.667. The molecule has 1 atom stereocenters. The highest BCUT2D eigenvalue weighted by atomic mass is 16.5. The third-order valence-electron chi connectivity index (χ3n) is 2.99. The summed E-state index contributed by atoms with van der Waals surface area (Å²) < 4.78 is 11.0. The van der Waals surface area contributed by atoms with Gasteiger partial charge in [-0.05, 0) is 12.8 Å². The van der Waals surface area contributed by atoms with Crippen LogP contribution in [0.2, 0.25) is 0 Å². The molecule has 0 amide bonds. The molecule has 92 valence electrons. The predicted molar refractivity (Wildman–Crippen MR) is 61.7 cm³/mol. The van der Waals surface area contributed by atoms with Gasteiger partial charge in [0, 0.05) is 25.2 Å². The zero-order valence-corrected chi connectivity index (χ0v) is 9.76. The molecule has 1 aliphatic carbocycles. The van der Waals surface area contributed by atoms with Crippen molar-refractivity contribution in [3.63, 3.8) is 0 Å². The van der Waals surface area contributed by atoms with Gasteiger partial charge in [-0.15, -0.1) is 0 Å². The van der Waals surface area contributed by atoms with Crippen LogP contribution in [-0.4, -0.2) is 35.3 Å². The Morgan fingerprint density at radius 2 is 2.29 bits per heavy atom. The van der Waals surface area contributed by atoms with Crippen LogP contribution in [-0.2, 0) is 11.3 Å². The van der Waals surface area contributed by atoms with E-state index in [4.69, 9.17) is 9.47 Å². The van der Waals surface area contributed by atoms with E-state index in [2.05, 4.69) is 15.3 Å². The minimum Gasteiger partial charge on any atom is -0.471 e. The molecule has 5 nitrogen and oxygen atoms in total. The maximum atomic E-state index is 5.71. The van der Waals surface area contributed by atoms with Gasteiger partial charge in [0.05, 0.1) is 25.1 Å². The average Bonchev–Trinajstić information content (AvgIpc) is 3.05. The Hall–Kier alpha value is -1.20. The third kappa shape index (κ3) is 3.14. The summed E-state index contributed by atoms with van der Waals surface area (Å²) in [6, 6.07) is 0.685. The van der Waals surface area contributed by atoms with Crippen LogP contribution in [0.25, 0.3) is 0 Å². The summed E-state index contributed by atoms with van der Waals surface area (Å²) in [6.45, 7) is 2.21. The third-order valence-corrected chi connectivity index (χ3v) is 2.99. The van der Waals surface area contributed by atoms with Crippen LogP contribution in [0.1, 0.15) is 25.0 Å². The second-order valence-corrected chi connectivity index (χ2v) is 4.61. The van der Waals surface area contributed by atoms with Crippen molar-refractivity contribution >= 4 is 0 Å². The fourth-order valence-electron chi connectivity index (χ4n) is 1.84. The maximum Gasteiger partial charge on any atom is 0.232 e. The van der Waals surface area contributed by atoms with Gasteiger partial charge in [-0.2, -0.15) is 0 Å². The lowest BCUT2D eigenvalue weighted by molar-refractivity contribution is 0.137. The fourth-order valence-corrected chi connectivity index (χ4v) is 1.84. The molecule has 5 heteroatoms. The van der Waals surface area contributed by atoms with Crippen molar-refractivity contribution in [1.82, 2.24) is 15.3 Å². The first-order chi connectivity index (χ1) is 8.40. The minimum atomic E-state index is 0.135. The first kappa shape index (κ1) is 10.9. The first-order valence-electron chi connectivity index (χ1n) is 6.19. The Morgan fingerprint density at radius 3 is 3.06 bits per heavy atom. The number of nitrogens with zero attached hydrogens (tertiary/aromatic N) is 2. The molecule has 3 rings (SSSR count). The Morgan fingerprint density at radius 1 is 1.35 bits per heavy atom. The topological polar surface area (TPSA) is 56.3 Å². The van der Waals surface area contributed by atoms with E-state index in [1.165, 1.54) is 12.8 Å². The number of hydrogen-bond acceptors (Lipinski definition) is 5. The molecular weight excluding hydrogens is 218 g/mol. The number of rotatable bonds is 5. The maximum absolute atomic E-state index is 5.71. The van der Waals surface area contributed by atoms with Gasteiger partial charge in [0.25, 0.3) is 0 Å². The standard InChI is InChI=1S/C12H17N3O2/c1-2-9(1)14-6-10-5-13-7-12(15-10)17-11-3-4-16-8-11/h5,7,9,11,14H,1-4,6,8H2. The lowest BCUT2D eigenvalue weighted by Crippen LogP contribution is -2.19. The normalized spacial score (nSPS) is 23.9. The number of ether oxygens (including phenoxy) is 2. The lowest BCUT2D eigenvalue weighted by Gasteiger charge is -2.11. The zero-order valence-electron chi connectivity index (χ0n) is 9.76. The SMILES string of the molecule is c1ncc(OC2CCOC2)nc1CNC1CC1. The van der Waals surface area contributed by atoms with Crippen molar-refractivity contribution in [2.24, 2.45) is 0 Å². The van der Waals surface area contributed by atoms with E-state index < -0.39 is 0 Å². The monoisotopic (exact) mass is 235 g/mol. The molecule has 1 saturated carbocycles. The van der Waals surface area contributed by atoms with Crippen molar-refractivity contribution in [3.05, 3.63) is 18.1 Å². The second kappa shape index (κ2) is 4.98. The minimum absolute atomic E-state index is 0.135. The van der Waals surface area contributed by atoms with Crippen LogP contribution in [0.3, 0.4) is 0 Å². The van der Waals surface area contributed by atoms with Crippen LogP contribution < -0.4 is 10.1 Å². The van der Waals surface area contributed by atoms with E-state index in [-0.39, 0.29) is 6.10 Å². The summed E-state index contributed by atoms with van der Waals surface area (Å²) in [5.41, 5.74) is 0.938. The highest BCUT2D eigenvalue weighted by Gasteiger charge is 2.21. The molecule has 2 fully saturated rings. The summed E-state index contributed by atoms with van der Waals surface area (Å²) in [7, 11) is 0. The van der Waals surface area contributed by atoms with Gasteiger partial charge < -0.3 is 14.8 Å². The Labute approximate surface area is 101 Å². The largest absolute Gasteiger partial charge is 0.471 e. The zero-order chi connectivity index (χ0) is 11.5. The summed E-state index contributed by atoms with van der Waals surface area (Å²) in [6.07, 6.45) is 7.08. The molecule has 1 aromatic rings. The van der Waals surface area contributed by atoms with Crippen molar-refractivity contribution in [1.29, 1.82) is 0 Å². The lowest BCUT2D eigenvalue weighted by atomic mass is 10.3. The van der Waals surface area contributed by atoms with Gasteiger partial charge in [0.2, 0.25) is 5.88 Å². The Balaban J connectivity index is 1.56. The smallest absolute Gasteiger partial charge is 0.232 e. The molecular formula is C12H17N3O2. The van der Waals surface area contributed by atoms with Crippen LogP contribution in [0, 0.1) is 0 Å². The molecule has 1 aliphatic heterocycles. The Kier molecular flexibility index (Phi) is 3.20.